The maximum Gasteiger partial charge on any atom is 0.410 e. The lowest BCUT2D eigenvalue weighted by Crippen LogP contribution is -2.40. The number of amides is 1. The summed E-state index contributed by atoms with van der Waals surface area (Å²) in [4.78, 5) is 22.9. The van der Waals surface area contributed by atoms with Crippen molar-refractivity contribution in [3.8, 4) is 11.3 Å². The zero-order chi connectivity index (χ0) is 20.6. The second-order valence-electron chi connectivity index (χ2n) is 9.17. The topological polar surface area (TPSA) is 67.4 Å². The van der Waals surface area contributed by atoms with E-state index in [-0.39, 0.29) is 17.6 Å². The molecule has 2 fully saturated rings. The number of aromatic nitrogens is 2. The molecule has 156 valence electrons. The quantitative estimate of drug-likeness (QED) is 0.656. The summed E-state index contributed by atoms with van der Waals surface area (Å²) in [6.07, 6.45) is 4.47. The summed E-state index contributed by atoms with van der Waals surface area (Å²) in [6, 6.07) is 7.95. The van der Waals surface area contributed by atoms with Gasteiger partial charge >= 0.3 is 6.09 Å². The van der Waals surface area contributed by atoms with Crippen molar-refractivity contribution in [2.45, 2.75) is 51.7 Å². The summed E-state index contributed by atoms with van der Waals surface area (Å²) in [7, 11) is 0. The summed E-state index contributed by atoms with van der Waals surface area (Å²) in [5.74, 6) is 0.802. The first kappa shape index (κ1) is 20.4. The standard InChI is InChI=1S/C22H28BrN3O3/c1-21(2,3)29-20(27)26-13-22(9-4-10-28-14-22)11-18(26)19-24-12-17(25-19)15-5-7-16(23)8-6-15/h5-8,12,18H,4,9-11,13-14H2,1-3H3,(H,24,25)/t18-,22-/m0/s1. The Labute approximate surface area is 180 Å². The third kappa shape index (κ3) is 4.51. The van der Waals surface area contributed by atoms with Crippen LogP contribution in [0.25, 0.3) is 11.3 Å². The van der Waals surface area contributed by atoms with Gasteiger partial charge in [0.1, 0.15) is 11.4 Å². The molecule has 7 heteroatoms. The van der Waals surface area contributed by atoms with Crippen molar-refractivity contribution in [2.24, 2.45) is 5.41 Å². The fourth-order valence-corrected chi connectivity index (χ4v) is 4.56. The molecule has 0 aliphatic carbocycles. The van der Waals surface area contributed by atoms with E-state index in [0.29, 0.717) is 13.2 Å². The number of hydrogen-bond acceptors (Lipinski definition) is 4. The molecule has 3 heterocycles. The lowest BCUT2D eigenvalue weighted by molar-refractivity contribution is -0.00754. The molecule has 1 amide bonds. The zero-order valence-electron chi connectivity index (χ0n) is 17.2. The Bertz CT molecular complexity index is 866. The number of aromatic amines is 1. The number of H-pyrrole nitrogens is 1. The van der Waals surface area contributed by atoms with Gasteiger partial charge in [0.15, 0.2) is 0 Å². The maximum atomic E-state index is 13.0. The van der Waals surface area contributed by atoms with Crippen LogP contribution in [0.15, 0.2) is 34.9 Å². The molecule has 2 atom stereocenters. The molecule has 2 saturated heterocycles. The Morgan fingerprint density at radius 1 is 1.34 bits per heavy atom. The molecule has 0 bridgehead atoms. The Morgan fingerprint density at radius 2 is 2.10 bits per heavy atom. The number of imidazole rings is 1. The van der Waals surface area contributed by atoms with Gasteiger partial charge in [-0.3, -0.25) is 4.90 Å². The maximum absolute atomic E-state index is 13.0. The van der Waals surface area contributed by atoms with Gasteiger partial charge in [-0.2, -0.15) is 0 Å². The molecular formula is C22H28BrN3O3. The highest BCUT2D eigenvalue weighted by Gasteiger charge is 2.49. The van der Waals surface area contributed by atoms with Crippen LogP contribution in [-0.2, 0) is 9.47 Å². The normalized spacial score (nSPS) is 24.8. The molecular weight excluding hydrogens is 434 g/mol. The number of ether oxygens (including phenoxy) is 2. The second-order valence-corrected chi connectivity index (χ2v) is 10.1. The molecule has 4 rings (SSSR count). The summed E-state index contributed by atoms with van der Waals surface area (Å²) >= 11 is 3.47. The highest BCUT2D eigenvalue weighted by atomic mass is 79.9. The molecule has 2 aliphatic rings. The average molecular weight is 462 g/mol. The number of nitrogens with zero attached hydrogens (tertiary/aromatic N) is 2. The minimum Gasteiger partial charge on any atom is -0.444 e. The first-order valence-corrected chi connectivity index (χ1v) is 10.9. The van der Waals surface area contributed by atoms with Crippen LogP contribution in [0.2, 0.25) is 0 Å². The van der Waals surface area contributed by atoms with E-state index < -0.39 is 5.60 Å². The molecule has 6 nitrogen and oxygen atoms in total. The minimum atomic E-state index is -0.536. The monoisotopic (exact) mass is 461 g/mol. The number of carbonyl (C=O) groups excluding carboxylic acids is 1. The van der Waals surface area contributed by atoms with Crippen molar-refractivity contribution in [1.82, 2.24) is 14.9 Å². The predicted molar refractivity (Wildman–Crippen MR) is 115 cm³/mol. The van der Waals surface area contributed by atoms with E-state index in [1.807, 2.05) is 56.1 Å². The van der Waals surface area contributed by atoms with Gasteiger partial charge < -0.3 is 14.5 Å². The van der Waals surface area contributed by atoms with Crippen LogP contribution in [0, 0.1) is 5.41 Å². The van der Waals surface area contributed by atoms with Crippen LogP contribution in [-0.4, -0.2) is 46.3 Å². The smallest absolute Gasteiger partial charge is 0.410 e. The van der Waals surface area contributed by atoms with Gasteiger partial charge in [-0.1, -0.05) is 28.1 Å². The Balaban J connectivity index is 1.62. The largest absolute Gasteiger partial charge is 0.444 e. The van der Waals surface area contributed by atoms with Gasteiger partial charge in [0.2, 0.25) is 0 Å². The van der Waals surface area contributed by atoms with Gasteiger partial charge in [-0.15, -0.1) is 0 Å². The van der Waals surface area contributed by atoms with Crippen LogP contribution in [0.4, 0.5) is 4.79 Å². The van der Waals surface area contributed by atoms with E-state index in [0.717, 1.165) is 47.4 Å². The molecule has 0 saturated carbocycles. The van der Waals surface area contributed by atoms with Gasteiger partial charge in [0, 0.05) is 23.0 Å². The number of likely N-dealkylation sites (tertiary alicyclic amines) is 1. The third-order valence-electron chi connectivity index (χ3n) is 5.61. The summed E-state index contributed by atoms with van der Waals surface area (Å²) < 4.78 is 12.5. The van der Waals surface area contributed by atoms with E-state index in [2.05, 4.69) is 25.9 Å². The van der Waals surface area contributed by atoms with Gasteiger partial charge in [-0.05, 0) is 57.7 Å². The molecule has 0 unspecified atom stereocenters. The molecule has 2 aliphatic heterocycles. The highest BCUT2D eigenvalue weighted by molar-refractivity contribution is 9.10. The van der Waals surface area contributed by atoms with Crippen molar-refractivity contribution in [3.05, 3.63) is 40.8 Å². The second kappa shape index (κ2) is 7.76. The summed E-state index contributed by atoms with van der Waals surface area (Å²) in [6.45, 7) is 7.81. The van der Waals surface area contributed by atoms with E-state index >= 15 is 0 Å². The van der Waals surface area contributed by atoms with E-state index in [9.17, 15) is 4.79 Å². The number of carbonyl (C=O) groups is 1. The molecule has 29 heavy (non-hydrogen) atoms. The molecule has 1 N–H and O–H groups in total. The number of hydrogen-bond donors (Lipinski definition) is 1. The fraction of sp³-hybridized carbons (Fsp3) is 0.545. The van der Waals surface area contributed by atoms with Crippen molar-refractivity contribution in [3.63, 3.8) is 0 Å². The van der Waals surface area contributed by atoms with Gasteiger partial charge in [0.25, 0.3) is 0 Å². The Kier molecular flexibility index (Phi) is 5.46. The minimum absolute atomic E-state index is 0.0234. The van der Waals surface area contributed by atoms with Crippen molar-refractivity contribution >= 4 is 22.0 Å². The van der Waals surface area contributed by atoms with Crippen LogP contribution < -0.4 is 0 Å². The number of rotatable bonds is 2. The van der Waals surface area contributed by atoms with Crippen molar-refractivity contribution in [2.75, 3.05) is 19.8 Å². The van der Waals surface area contributed by atoms with Crippen molar-refractivity contribution < 1.29 is 14.3 Å². The molecule has 1 aromatic carbocycles. The number of halogens is 1. The molecule has 1 aromatic heterocycles. The first-order valence-electron chi connectivity index (χ1n) is 10.1. The number of benzene rings is 1. The average Bonchev–Trinajstić information content (AvgIpc) is 3.27. The Morgan fingerprint density at radius 3 is 2.76 bits per heavy atom. The first-order chi connectivity index (χ1) is 13.7. The summed E-state index contributed by atoms with van der Waals surface area (Å²) in [5.41, 5.74) is 1.44. The summed E-state index contributed by atoms with van der Waals surface area (Å²) in [5, 5.41) is 0. The number of nitrogens with one attached hydrogen (secondary N) is 1. The van der Waals surface area contributed by atoms with Crippen LogP contribution in [0.1, 0.15) is 51.9 Å². The predicted octanol–water partition coefficient (Wildman–Crippen LogP) is 5.32. The molecule has 2 aromatic rings. The van der Waals surface area contributed by atoms with Gasteiger partial charge in [-0.25, -0.2) is 9.78 Å². The van der Waals surface area contributed by atoms with Crippen LogP contribution in [0.3, 0.4) is 0 Å². The van der Waals surface area contributed by atoms with Crippen molar-refractivity contribution in [1.29, 1.82) is 0 Å². The van der Waals surface area contributed by atoms with E-state index in [1.165, 1.54) is 0 Å². The molecule has 0 radical (unpaired) electrons. The van der Waals surface area contributed by atoms with Crippen LogP contribution in [0.5, 0.6) is 0 Å². The Hall–Kier alpha value is -1.86. The lowest BCUT2D eigenvalue weighted by Gasteiger charge is -2.33. The highest BCUT2D eigenvalue weighted by Crippen LogP contribution is 2.47. The van der Waals surface area contributed by atoms with E-state index in [1.54, 1.807) is 0 Å². The SMILES string of the molecule is CC(C)(C)OC(=O)N1C[C@]2(CCCOC2)C[C@H]1c1ncc(-c2ccc(Br)cc2)[nH]1. The zero-order valence-corrected chi connectivity index (χ0v) is 18.8. The van der Waals surface area contributed by atoms with E-state index in [4.69, 9.17) is 9.47 Å². The third-order valence-corrected chi connectivity index (χ3v) is 6.14. The molecule has 1 spiro atoms. The van der Waals surface area contributed by atoms with Crippen LogP contribution >= 0.6 is 15.9 Å². The van der Waals surface area contributed by atoms with Gasteiger partial charge in [0.05, 0.1) is 24.5 Å². The fourth-order valence-electron chi connectivity index (χ4n) is 4.29. The lowest BCUT2D eigenvalue weighted by atomic mass is 9.80.